The Labute approximate surface area is 243 Å². The highest BCUT2D eigenvalue weighted by atomic mass is 16.3. The van der Waals surface area contributed by atoms with E-state index in [0.29, 0.717) is 0 Å². The van der Waals surface area contributed by atoms with Gasteiger partial charge in [0.25, 0.3) is 0 Å². The molecular formula is C38H36N2O. The first kappa shape index (κ1) is 26.7. The van der Waals surface area contributed by atoms with Gasteiger partial charge in [-0.1, -0.05) is 119 Å². The van der Waals surface area contributed by atoms with E-state index in [0.717, 1.165) is 82.1 Å². The molecule has 204 valence electrons. The summed E-state index contributed by atoms with van der Waals surface area (Å²) in [6, 6.07) is 32.0. The van der Waals surface area contributed by atoms with E-state index in [1.54, 1.807) is 0 Å². The highest BCUT2D eigenvalue weighted by Gasteiger charge is 2.33. The summed E-state index contributed by atoms with van der Waals surface area (Å²) in [6.07, 6.45) is 5.54. The Morgan fingerprint density at radius 3 is 1.51 bits per heavy atom. The van der Waals surface area contributed by atoms with Crippen LogP contribution in [0.4, 0.5) is 11.4 Å². The van der Waals surface area contributed by atoms with Gasteiger partial charge in [0.1, 0.15) is 11.5 Å². The standard InChI is InChI=1S/C38H36N2O/c1-5-25-18-14-19-26(6-2)34(25)39-36-30-22-12-13-23-31(30)38-33(32(24-41-38)29-16-10-9-11-17-29)37(36)40-35-27(7-3)20-15-21-28(35)8-4/h9-24H,5-8H2,1-4H3/b39-36+,40-37+. The third-order valence-corrected chi connectivity index (χ3v) is 8.14. The van der Waals surface area contributed by atoms with Crippen molar-refractivity contribution in [3.63, 3.8) is 0 Å². The van der Waals surface area contributed by atoms with E-state index in [1.165, 1.54) is 22.3 Å². The average Bonchev–Trinajstić information content (AvgIpc) is 3.48. The Bertz CT molecular complexity index is 1710. The van der Waals surface area contributed by atoms with Crippen molar-refractivity contribution in [1.29, 1.82) is 0 Å². The topological polar surface area (TPSA) is 37.9 Å². The van der Waals surface area contributed by atoms with Crippen molar-refractivity contribution in [2.45, 2.75) is 53.4 Å². The van der Waals surface area contributed by atoms with Crippen molar-refractivity contribution < 1.29 is 4.42 Å². The number of hydrogen-bond donors (Lipinski definition) is 0. The summed E-state index contributed by atoms with van der Waals surface area (Å²) in [7, 11) is 0. The molecule has 1 aliphatic carbocycles. The number of furan rings is 1. The lowest BCUT2D eigenvalue weighted by Gasteiger charge is -2.23. The maximum absolute atomic E-state index is 6.40. The molecule has 0 spiro atoms. The number of nitrogens with zero attached hydrogens (tertiary/aromatic N) is 2. The van der Waals surface area contributed by atoms with Crippen molar-refractivity contribution in [3.05, 3.63) is 131 Å². The molecule has 1 aliphatic rings. The molecule has 3 heteroatoms. The maximum atomic E-state index is 6.40. The van der Waals surface area contributed by atoms with Crippen LogP contribution < -0.4 is 0 Å². The summed E-state index contributed by atoms with van der Waals surface area (Å²) >= 11 is 0. The SMILES string of the molecule is CCc1cccc(CC)c1/N=C1/C(=N/c2c(CC)cccc2CC)c2c(-c3ccccc3)coc2-c2ccccc21. The molecule has 0 atom stereocenters. The van der Waals surface area contributed by atoms with Crippen LogP contribution in [-0.2, 0) is 25.7 Å². The minimum absolute atomic E-state index is 0.851. The van der Waals surface area contributed by atoms with Gasteiger partial charge in [-0.2, -0.15) is 0 Å². The van der Waals surface area contributed by atoms with Gasteiger partial charge in [0.2, 0.25) is 0 Å². The lowest BCUT2D eigenvalue weighted by atomic mass is 9.84. The van der Waals surface area contributed by atoms with Crippen LogP contribution in [0.1, 0.15) is 61.1 Å². The minimum atomic E-state index is 0.851. The van der Waals surface area contributed by atoms with Gasteiger partial charge in [-0.3, -0.25) is 0 Å². The number of para-hydroxylation sites is 2. The second-order valence-corrected chi connectivity index (χ2v) is 10.4. The second-order valence-electron chi connectivity index (χ2n) is 10.4. The summed E-state index contributed by atoms with van der Waals surface area (Å²) in [5.41, 5.74) is 14.1. The number of aliphatic imine (C=N–C) groups is 2. The lowest BCUT2D eigenvalue weighted by Crippen LogP contribution is -2.23. The molecule has 5 aromatic rings. The fourth-order valence-corrected chi connectivity index (χ4v) is 5.92. The highest BCUT2D eigenvalue weighted by molar-refractivity contribution is 6.58. The molecule has 0 aliphatic heterocycles. The molecule has 0 saturated heterocycles. The summed E-state index contributed by atoms with van der Waals surface area (Å²) in [5, 5.41) is 0. The van der Waals surface area contributed by atoms with Gasteiger partial charge in [0.05, 0.1) is 28.9 Å². The third kappa shape index (κ3) is 4.76. The zero-order valence-electron chi connectivity index (χ0n) is 24.4. The Morgan fingerprint density at radius 2 is 0.976 bits per heavy atom. The van der Waals surface area contributed by atoms with Crippen molar-refractivity contribution in [2.75, 3.05) is 0 Å². The molecule has 0 bridgehead atoms. The molecule has 0 saturated carbocycles. The van der Waals surface area contributed by atoms with Gasteiger partial charge < -0.3 is 4.42 Å². The first-order valence-electron chi connectivity index (χ1n) is 14.8. The highest BCUT2D eigenvalue weighted by Crippen LogP contribution is 2.43. The lowest BCUT2D eigenvalue weighted by molar-refractivity contribution is 0.582. The Balaban J connectivity index is 1.74. The van der Waals surface area contributed by atoms with Crippen molar-refractivity contribution in [3.8, 4) is 22.5 Å². The number of aryl methyl sites for hydroxylation is 4. The van der Waals surface area contributed by atoms with Gasteiger partial charge in [-0.25, -0.2) is 9.98 Å². The zero-order chi connectivity index (χ0) is 28.3. The van der Waals surface area contributed by atoms with E-state index in [9.17, 15) is 0 Å². The molecule has 0 fully saturated rings. The zero-order valence-corrected chi connectivity index (χ0v) is 24.4. The van der Waals surface area contributed by atoms with Gasteiger partial charge in [0, 0.05) is 16.7 Å². The fraction of sp³-hybridized carbons (Fsp3) is 0.211. The predicted octanol–water partition coefficient (Wildman–Crippen LogP) is 10.1. The quantitative estimate of drug-likeness (QED) is 0.204. The Kier molecular flexibility index (Phi) is 7.52. The van der Waals surface area contributed by atoms with Gasteiger partial charge in [-0.05, 0) is 53.5 Å². The van der Waals surface area contributed by atoms with E-state index in [-0.39, 0.29) is 0 Å². The van der Waals surface area contributed by atoms with Crippen molar-refractivity contribution in [2.24, 2.45) is 9.98 Å². The van der Waals surface area contributed by atoms with Gasteiger partial charge >= 0.3 is 0 Å². The monoisotopic (exact) mass is 536 g/mol. The summed E-state index contributed by atoms with van der Waals surface area (Å²) in [6.45, 7) is 8.81. The summed E-state index contributed by atoms with van der Waals surface area (Å²) in [4.78, 5) is 11.1. The van der Waals surface area contributed by atoms with Crippen LogP contribution in [0.5, 0.6) is 0 Å². The minimum Gasteiger partial charge on any atom is -0.463 e. The Morgan fingerprint density at radius 1 is 0.488 bits per heavy atom. The van der Waals surface area contributed by atoms with Crippen LogP contribution in [-0.4, -0.2) is 11.4 Å². The first-order valence-corrected chi connectivity index (χ1v) is 14.8. The van der Waals surface area contributed by atoms with E-state index < -0.39 is 0 Å². The molecular weight excluding hydrogens is 500 g/mol. The second kappa shape index (κ2) is 11.5. The molecule has 41 heavy (non-hydrogen) atoms. The van der Waals surface area contributed by atoms with E-state index in [2.05, 4.69) is 113 Å². The molecule has 3 nitrogen and oxygen atoms in total. The number of benzene rings is 4. The van der Waals surface area contributed by atoms with Gasteiger partial charge in [0.15, 0.2) is 0 Å². The molecule has 1 aromatic heterocycles. The van der Waals surface area contributed by atoms with E-state index >= 15 is 0 Å². The van der Waals surface area contributed by atoms with Crippen molar-refractivity contribution in [1.82, 2.24) is 0 Å². The largest absolute Gasteiger partial charge is 0.463 e. The first-order chi connectivity index (χ1) is 20.2. The fourth-order valence-electron chi connectivity index (χ4n) is 5.92. The normalized spacial score (nSPS) is 14.3. The molecule has 0 radical (unpaired) electrons. The summed E-state index contributed by atoms with van der Waals surface area (Å²) in [5.74, 6) is 0.851. The molecule has 0 N–H and O–H groups in total. The van der Waals surface area contributed by atoms with Crippen LogP contribution in [0.3, 0.4) is 0 Å². The Hall–Kier alpha value is -4.50. The summed E-state index contributed by atoms with van der Waals surface area (Å²) < 4.78 is 6.40. The average molecular weight is 537 g/mol. The van der Waals surface area contributed by atoms with Crippen LogP contribution in [0.15, 0.2) is 112 Å². The van der Waals surface area contributed by atoms with Gasteiger partial charge in [-0.15, -0.1) is 0 Å². The van der Waals surface area contributed by atoms with Crippen LogP contribution >= 0.6 is 0 Å². The maximum Gasteiger partial charge on any atom is 0.144 e. The molecule has 1 heterocycles. The van der Waals surface area contributed by atoms with Crippen LogP contribution in [0, 0.1) is 0 Å². The number of rotatable bonds is 7. The number of hydrogen-bond acceptors (Lipinski definition) is 3. The third-order valence-electron chi connectivity index (χ3n) is 8.14. The number of fused-ring (bicyclic) bond motifs is 3. The molecule has 4 aromatic carbocycles. The molecule has 6 rings (SSSR count). The van der Waals surface area contributed by atoms with Crippen LogP contribution in [0.25, 0.3) is 22.5 Å². The van der Waals surface area contributed by atoms with Crippen molar-refractivity contribution >= 4 is 22.8 Å². The van der Waals surface area contributed by atoms with E-state index in [4.69, 9.17) is 14.4 Å². The van der Waals surface area contributed by atoms with E-state index in [1.807, 2.05) is 12.3 Å². The predicted molar refractivity (Wildman–Crippen MR) is 172 cm³/mol. The molecule has 0 unspecified atom stereocenters. The van der Waals surface area contributed by atoms with Crippen LogP contribution in [0.2, 0.25) is 0 Å². The smallest absolute Gasteiger partial charge is 0.144 e. The molecule has 0 amide bonds.